The van der Waals surface area contributed by atoms with Gasteiger partial charge >= 0.3 is 4.87 Å². The van der Waals surface area contributed by atoms with Crippen LogP contribution in [-0.2, 0) is 13.1 Å². The van der Waals surface area contributed by atoms with Crippen molar-refractivity contribution in [2.75, 3.05) is 0 Å². The zero-order valence-electron chi connectivity index (χ0n) is 10.6. The van der Waals surface area contributed by atoms with Crippen molar-refractivity contribution in [3.63, 3.8) is 0 Å². The highest BCUT2D eigenvalue weighted by molar-refractivity contribution is 7.09. The number of thiazole rings is 1. The lowest BCUT2D eigenvalue weighted by molar-refractivity contribution is 0.0948. The number of hydrazine groups is 1. The van der Waals surface area contributed by atoms with Crippen molar-refractivity contribution >= 4 is 17.2 Å². The molecule has 0 spiro atoms. The van der Waals surface area contributed by atoms with E-state index < -0.39 is 5.91 Å². The summed E-state index contributed by atoms with van der Waals surface area (Å²) in [5.41, 5.74) is 3.08. The average Bonchev–Trinajstić information content (AvgIpc) is 2.94. The SMILES string of the molecule is Cc1sc(=O)n(CCn2cc(C(=O)NN)nn2)c1C. The smallest absolute Gasteiger partial charge is 0.301 e. The molecular formula is C10H14N6O2S. The number of nitrogens with two attached hydrogens (primary N) is 1. The second kappa shape index (κ2) is 5.33. The van der Waals surface area contributed by atoms with E-state index in [2.05, 4.69) is 10.3 Å². The molecule has 2 heterocycles. The van der Waals surface area contributed by atoms with Crippen LogP contribution in [0.25, 0.3) is 0 Å². The molecule has 0 unspecified atom stereocenters. The van der Waals surface area contributed by atoms with Gasteiger partial charge in [0.05, 0.1) is 12.7 Å². The average molecular weight is 282 g/mol. The molecule has 8 nitrogen and oxygen atoms in total. The van der Waals surface area contributed by atoms with E-state index in [4.69, 9.17) is 5.84 Å². The zero-order valence-corrected chi connectivity index (χ0v) is 11.4. The van der Waals surface area contributed by atoms with E-state index in [0.29, 0.717) is 13.1 Å². The lowest BCUT2D eigenvalue weighted by atomic mass is 10.4. The number of hydrogen-bond acceptors (Lipinski definition) is 6. The van der Waals surface area contributed by atoms with E-state index in [1.807, 2.05) is 19.3 Å². The van der Waals surface area contributed by atoms with Gasteiger partial charge in [-0.2, -0.15) is 0 Å². The van der Waals surface area contributed by atoms with Gasteiger partial charge in [-0.1, -0.05) is 16.6 Å². The molecular weight excluding hydrogens is 268 g/mol. The summed E-state index contributed by atoms with van der Waals surface area (Å²) < 4.78 is 3.19. The Morgan fingerprint density at radius 1 is 1.47 bits per heavy atom. The van der Waals surface area contributed by atoms with Gasteiger partial charge in [0.2, 0.25) is 0 Å². The van der Waals surface area contributed by atoms with E-state index in [0.717, 1.165) is 10.6 Å². The van der Waals surface area contributed by atoms with Gasteiger partial charge in [0, 0.05) is 17.1 Å². The van der Waals surface area contributed by atoms with Gasteiger partial charge in [-0.15, -0.1) is 5.10 Å². The second-order valence-corrected chi connectivity index (χ2v) is 5.17. The van der Waals surface area contributed by atoms with Crippen molar-refractivity contribution < 1.29 is 4.79 Å². The highest BCUT2D eigenvalue weighted by Crippen LogP contribution is 2.09. The van der Waals surface area contributed by atoms with Crippen molar-refractivity contribution in [1.29, 1.82) is 0 Å². The van der Waals surface area contributed by atoms with Gasteiger partial charge in [0.15, 0.2) is 5.69 Å². The molecule has 0 aliphatic heterocycles. The standard InChI is InChI=1S/C10H14N6O2S/c1-6-7(2)19-10(18)16(6)4-3-15-5-8(13-14-15)9(17)12-11/h5H,3-4,11H2,1-2H3,(H,12,17). The highest BCUT2D eigenvalue weighted by atomic mass is 32.1. The third kappa shape index (κ3) is 2.71. The summed E-state index contributed by atoms with van der Waals surface area (Å²) in [6.45, 7) is 4.77. The molecule has 0 saturated heterocycles. The minimum Gasteiger partial charge on any atom is -0.301 e. The van der Waals surface area contributed by atoms with Crippen LogP contribution in [0, 0.1) is 13.8 Å². The summed E-state index contributed by atoms with van der Waals surface area (Å²) in [6.07, 6.45) is 1.49. The number of hydrogen-bond donors (Lipinski definition) is 2. The predicted octanol–water partition coefficient (Wildman–Crippen LogP) is -0.578. The number of carbonyl (C=O) groups excluding carboxylic acids is 1. The van der Waals surface area contributed by atoms with Gasteiger partial charge in [-0.3, -0.25) is 15.0 Å². The molecule has 0 radical (unpaired) electrons. The maximum Gasteiger partial charge on any atom is 0.307 e. The van der Waals surface area contributed by atoms with E-state index >= 15 is 0 Å². The van der Waals surface area contributed by atoms with Gasteiger partial charge in [0.1, 0.15) is 0 Å². The monoisotopic (exact) mass is 282 g/mol. The molecule has 9 heteroatoms. The molecule has 2 aromatic rings. The first-order chi connectivity index (χ1) is 9.02. The van der Waals surface area contributed by atoms with Gasteiger partial charge in [-0.05, 0) is 13.8 Å². The van der Waals surface area contributed by atoms with Crippen LogP contribution in [0.2, 0.25) is 0 Å². The van der Waals surface area contributed by atoms with Crippen LogP contribution < -0.4 is 16.1 Å². The molecule has 0 saturated carbocycles. The maximum atomic E-state index is 11.7. The molecule has 1 amide bonds. The fraction of sp³-hybridized carbons (Fsp3) is 0.400. The summed E-state index contributed by atoms with van der Waals surface area (Å²) in [7, 11) is 0. The van der Waals surface area contributed by atoms with Crippen molar-refractivity contribution in [3.8, 4) is 0 Å². The van der Waals surface area contributed by atoms with Crippen LogP contribution in [0.3, 0.4) is 0 Å². The van der Waals surface area contributed by atoms with Gasteiger partial charge in [-0.25, -0.2) is 10.5 Å². The summed E-state index contributed by atoms with van der Waals surface area (Å²) >= 11 is 1.23. The molecule has 2 aromatic heterocycles. The molecule has 3 N–H and O–H groups in total. The largest absolute Gasteiger partial charge is 0.307 e. The Balaban J connectivity index is 2.09. The summed E-state index contributed by atoms with van der Waals surface area (Å²) in [4.78, 5) is 23.9. The van der Waals surface area contributed by atoms with Crippen LogP contribution >= 0.6 is 11.3 Å². The number of nitrogen functional groups attached to an aromatic ring is 1. The van der Waals surface area contributed by atoms with Crippen LogP contribution in [0.1, 0.15) is 21.1 Å². The first-order valence-electron chi connectivity index (χ1n) is 5.61. The Hall–Kier alpha value is -2.00. The third-order valence-corrected chi connectivity index (χ3v) is 3.83. The fourth-order valence-corrected chi connectivity index (χ4v) is 2.49. The molecule has 0 atom stereocenters. The Morgan fingerprint density at radius 2 is 2.21 bits per heavy atom. The Labute approximate surface area is 112 Å². The van der Waals surface area contributed by atoms with Crippen molar-refractivity contribution in [2.45, 2.75) is 26.9 Å². The lowest BCUT2D eigenvalue weighted by Gasteiger charge is -2.04. The van der Waals surface area contributed by atoms with E-state index in [1.54, 1.807) is 4.57 Å². The molecule has 0 aliphatic carbocycles. The van der Waals surface area contributed by atoms with Gasteiger partial charge < -0.3 is 4.57 Å². The molecule has 19 heavy (non-hydrogen) atoms. The Morgan fingerprint density at radius 3 is 2.79 bits per heavy atom. The topological polar surface area (TPSA) is 108 Å². The number of nitrogens with zero attached hydrogens (tertiary/aromatic N) is 4. The van der Waals surface area contributed by atoms with Gasteiger partial charge in [0.25, 0.3) is 5.91 Å². The first-order valence-corrected chi connectivity index (χ1v) is 6.42. The van der Waals surface area contributed by atoms with E-state index in [1.165, 1.54) is 22.2 Å². The van der Waals surface area contributed by atoms with E-state index in [9.17, 15) is 9.59 Å². The maximum absolute atomic E-state index is 11.7. The Bertz CT molecular complexity index is 655. The molecule has 0 aliphatic rings. The minimum absolute atomic E-state index is 0.00930. The fourth-order valence-electron chi connectivity index (χ4n) is 1.63. The van der Waals surface area contributed by atoms with Crippen molar-refractivity contribution in [3.05, 3.63) is 32.1 Å². The molecule has 0 bridgehead atoms. The molecule has 0 aromatic carbocycles. The zero-order chi connectivity index (χ0) is 14.0. The number of rotatable bonds is 4. The molecule has 2 rings (SSSR count). The Kier molecular flexibility index (Phi) is 3.76. The van der Waals surface area contributed by atoms with Crippen molar-refractivity contribution in [2.24, 2.45) is 5.84 Å². The number of carbonyl (C=O) groups is 1. The van der Waals surface area contributed by atoms with E-state index in [-0.39, 0.29) is 10.6 Å². The highest BCUT2D eigenvalue weighted by Gasteiger charge is 2.10. The lowest BCUT2D eigenvalue weighted by Crippen LogP contribution is -2.30. The quantitative estimate of drug-likeness (QED) is 0.443. The number of amides is 1. The summed E-state index contributed by atoms with van der Waals surface area (Å²) in [6, 6.07) is 0. The first kappa shape index (κ1) is 13.4. The third-order valence-electron chi connectivity index (χ3n) is 2.83. The summed E-state index contributed by atoms with van der Waals surface area (Å²) in [5.74, 6) is 4.51. The van der Waals surface area contributed by atoms with Crippen LogP contribution in [0.4, 0.5) is 0 Å². The van der Waals surface area contributed by atoms with Crippen LogP contribution in [-0.4, -0.2) is 25.5 Å². The number of aromatic nitrogens is 4. The van der Waals surface area contributed by atoms with Crippen molar-refractivity contribution in [1.82, 2.24) is 25.0 Å². The summed E-state index contributed by atoms with van der Waals surface area (Å²) in [5, 5.41) is 7.49. The normalized spacial score (nSPS) is 10.7. The minimum atomic E-state index is -0.494. The molecule has 0 fully saturated rings. The molecule has 102 valence electrons. The second-order valence-electron chi connectivity index (χ2n) is 4.00. The number of aryl methyl sites for hydroxylation is 2. The van der Waals surface area contributed by atoms with Crippen LogP contribution in [0.15, 0.2) is 11.0 Å². The number of nitrogens with one attached hydrogen (secondary N) is 1. The van der Waals surface area contributed by atoms with Crippen LogP contribution in [0.5, 0.6) is 0 Å². The predicted molar refractivity (Wildman–Crippen MR) is 69.7 cm³/mol.